The van der Waals surface area contributed by atoms with E-state index in [9.17, 15) is 4.79 Å². The van der Waals surface area contributed by atoms with Gasteiger partial charge in [0.15, 0.2) is 0 Å². The quantitative estimate of drug-likeness (QED) is 0.327. The fraction of sp³-hybridized carbons (Fsp3) is 0.250. The number of hydrogen-bond acceptors (Lipinski definition) is 3. The van der Waals surface area contributed by atoms with Gasteiger partial charge in [0, 0.05) is 21.9 Å². The maximum atomic E-state index is 12.2. The Balaban J connectivity index is 2.28. The standard InChI is InChI=1S/C20H18O3/c1-11-17-15(16(10-22-17)20(2,3)4)9-14-12-7-5-6-8-13(12)19(21)23-18(11)14/h5-10H,1-4H3. The van der Waals surface area contributed by atoms with Crippen LogP contribution in [-0.4, -0.2) is 0 Å². The Labute approximate surface area is 133 Å². The number of rotatable bonds is 0. The summed E-state index contributed by atoms with van der Waals surface area (Å²) in [5.74, 6) is 0. The summed E-state index contributed by atoms with van der Waals surface area (Å²) in [6, 6.07) is 9.67. The van der Waals surface area contributed by atoms with E-state index in [1.54, 1.807) is 6.07 Å². The highest BCUT2D eigenvalue weighted by Gasteiger charge is 2.22. The van der Waals surface area contributed by atoms with E-state index in [0.717, 1.165) is 32.9 Å². The van der Waals surface area contributed by atoms with Crippen LogP contribution in [0.1, 0.15) is 31.9 Å². The maximum absolute atomic E-state index is 12.2. The molecular weight excluding hydrogens is 288 g/mol. The van der Waals surface area contributed by atoms with Crippen LogP contribution in [0.25, 0.3) is 32.7 Å². The average molecular weight is 306 g/mol. The van der Waals surface area contributed by atoms with Gasteiger partial charge in [-0.2, -0.15) is 0 Å². The van der Waals surface area contributed by atoms with E-state index < -0.39 is 0 Å². The number of benzene rings is 2. The third kappa shape index (κ3) is 1.93. The minimum Gasteiger partial charge on any atom is -0.464 e. The zero-order valence-electron chi connectivity index (χ0n) is 13.7. The predicted molar refractivity (Wildman–Crippen MR) is 93.2 cm³/mol. The minimum absolute atomic E-state index is 0.0171. The van der Waals surface area contributed by atoms with Crippen LogP contribution in [0.5, 0.6) is 0 Å². The molecule has 0 saturated heterocycles. The lowest BCUT2D eigenvalue weighted by Crippen LogP contribution is -2.10. The molecule has 4 aromatic rings. The first-order valence-corrected chi connectivity index (χ1v) is 7.75. The molecule has 0 aliphatic rings. The average Bonchev–Trinajstić information content (AvgIpc) is 2.93. The van der Waals surface area contributed by atoms with Gasteiger partial charge in [0.2, 0.25) is 0 Å². The highest BCUT2D eigenvalue weighted by atomic mass is 16.4. The summed E-state index contributed by atoms with van der Waals surface area (Å²) in [6.45, 7) is 8.44. The Kier molecular flexibility index (Phi) is 2.74. The van der Waals surface area contributed by atoms with Crippen LogP contribution in [0, 0.1) is 6.92 Å². The van der Waals surface area contributed by atoms with Gasteiger partial charge in [-0.1, -0.05) is 39.0 Å². The van der Waals surface area contributed by atoms with Gasteiger partial charge in [-0.25, -0.2) is 4.79 Å². The number of aryl methyl sites for hydroxylation is 1. The number of furan rings is 1. The Hall–Kier alpha value is -2.55. The molecule has 2 aromatic heterocycles. The largest absolute Gasteiger partial charge is 0.464 e. The molecule has 0 radical (unpaired) electrons. The predicted octanol–water partition coefficient (Wildman–Crippen LogP) is 5.30. The summed E-state index contributed by atoms with van der Waals surface area (Å²) in [6.07, 6.45) is 1.82. The SMILES string of the molecule is Cc1c2occ(C(C)(C)C)c2cc2c1oc(=O)c1ccccc12. The molecular formula is C20H18O3. The second-order valence-electron chi connectivity index (χ2n) is 7.09. The monoisotopic (exact) mass is 306 g/mol. The molecule has 3 nitrogen and oxygen atoms in total. The van der Waals surface area contributed by atoms with Crippen LogP contribution >= 0.6 is 0 Å². The van der Waals surface area contributed by atoms with Gasteiger partial charge in [-0.15, -0.1) is 0 Å². The summed E-state index contributed by atoms with van der Waals surface area (Å²) < 4.78 is 11.4. The summed E-state index contributed by atoms with van der Waals surface area (Å²) >= 11 is 0. The second kappa shape index (κ2) is 4.48. The van der Waals surface area contributed by atoms with Crippen molar-refractivity contribution in [3.8, 4) is 0 Å². The van der Waals surface area contributed by atoms with Crippen molar-refractivity contribution in [3.05, 3.63) is 58.1 Å². The van der Waals surface area contributed by atoms with Crippen LogP contribution in [-0.2, 0) is 5.41 Å². The van der Waals surface area contributed by atoms with Crippen LogP contribution in [0.15, 0.2) is 50.2 Å². The van der Waals surface area contributed by atoms with Crippen molar-refractivity contribution in [1.82, 2.24) is 0 Å². The highest BCUT2D eigenvalue weighted by molar-refractivity contribution is 6.10. The molecule has 116 valence electrons. The number of hydrogen-bond donors (Lipinski definition) is 0. The van der Waals surface area contributed by atoms with Crippen LogP contribution in [0.4, 0.5) is 0 Å². The van der Waals surface area contributed by atoms with Gasteiger partial charge in [-0.05, 0) is 29.9 Å². The molecule has 0 amide bonds. The molecule has 0 aliphatic heterocycles. The molecule has 4 rings (SSSR count). The van der Waals surface area contributed by atoms with Crippen molar-refractivity contribution < 1.29 is 8.83 Å². The third-order valence-corrected chi connectivity index (χ3v) is 4.48. The fourth-order valence-corrected chi connectivity index (χ4v) is 3.27. The normalized spacial score (nSPS) is 12.5. The highest BCUT2D eigenvalue weighted by Crippen LogP contribution is 2.37. The van der Waals surface area contributed by atoms with Crippen molar-refractivity contribution in [1.29, 1.82) is 0 Å². The fourth-order valence-electron chi connectivity index (χ4n) is 3.27. The molecule has 0 saturated carbocycles. The Morgan fingerprint density at radius 1 is 0.913 bits per heavy atom. The molecule has 0 unspecified atom stereocenters. The van der Waals surface area contributed by atoms with E-state index in [2.05, 4.69) is 26.8 Å². The third-order valence-electron chi connectivity index (χ3n) is 4.48. The Bertz CT molecular complexity index is 1120. The van der Waals surface area contributed by atoms with Gasteiger partial charge in [-0.3, -0.25) is 0 Å². The van der Waals surface area contributed by atoms with Gasteiger partial charge in [0.25, 0.3) is 0 Å². The van der Waals surface area contributed by atoms with E-state index in [1.807, 2.05) is 31.4 Å². The maximum Gasteiger partial charge on any atom is 0.344 e. The molecule has 0 fully saturated rings. The van der Waals surface area contributed by atoms with Crippen molar-refractivity contribution in [3.63, 3.8) is 0 Å². The van der Waals surface area contributed by atoms with Crippen molar-refractivity contribution in [2.45, 2.75) is 33.1 Å². The van der Waals surface area contributed by atoms with E-state index in [1.165, 1.54) is 0 Å². The first-order valence-electron chi connectivity index (χ1n) is 7.75. The lowest BCUT2D eigenvalue weighted by Gasteiger charge is -2.16. The molecule has 3 heteroatoms. The first-order chi connectivity index (χ1) is 10.9. The Morgan fingerprint density at radius 2 is 1.61 bits per heavy atom. The molecule has 23 heavy (non-hydrogen) atoms. The molecule has 0 atom stereocenters. The molecule has 0 N–H and O–H groups in total. The zero-order chi connectivity index (χ0) is 16.4. The van der Waals surface area contributed by atoms with Crippen LogP contribution in [0.2, 0.25) is 0 Å². The Morgan fingerprint density at radius 3 is 2.30 bits per heavy atom. The van der Waals surface area contributed by atoms with Crippen molar-refractivity contribution >= 4 is 32.7 Å². The summed E-state index contributed by atoms with van der Waals surface area (Å²) in [7, 11) is 0. The van der Waals surface area contributed by atoms with Crippen LogP contribution in [0.3, 0.4) is 0 Å². The van der Waals surface area contributed by atoms with Gasteiger partial charge < -0.3 is 8.83 Å². The second-order valence-corrected chi connectivity index (χ2v) is 7.09. The molecule has 0 bridgehead atoms. The van der Waals surface area contributed by atoms with E-state index in [4.69, 9.17) is 8.83 Å². The van der Waals surface area contributed by atoms with E-state index >= 15 is 0 Å². The molecule has 2 aromatic carbocycles. The number of fused-ring (bicyclic) bond motifs is 4. The van der Waals surface area contributed by atoms with Gasteiger partial charge >= 0.3 is 5.63 Å². The summed E-state index contributed by atoms with van der Waals surface area (Å²) in [5.41, 5.74) is 3.11. The van der Waals surface area contributed by atoms with E-state index in [0.29, 0.717) is 11.0 Å². The molecule has 2 heterocycles. The van der Waals surface area contributed by atoms with E-state index in [-0.39, 0.29) is 11.0 Å². The minimum atomic E-state index is -0.307. The van der Waals surface area contributed by atoms with Gasteiger partial charge in [0.1, 0.15) is 11.2 Å². The zero-order valence-corrected chi connectivity index (χ0v) is 13.7. The molecule has 0 aliphatic carbocycles. The molecule has 0 spiro atoms. The smallest absolute Gasteiger partial charge is 0.344 e. The van der Waals surface area contributed by atoms with Crippen molar-refractivity contribution in [2.24, 2.45) is 0 Å². The van der Waals surface area contributed by atoms with Crippen LogP contribution < -0.4 is 5.63 Å². The summed E-state index contributed by atoms with van der Waals surface area (Å²) in [4.78, 5) is 12.2. The summed E-state index contributed by atoms with van der Waals surface area (Å²) in [5, 5.41) is 3.57. The van der Waals surface area contributed by atoms with Crippen molar-refractivity contribution in [2.75, 3.05) is 0 Å². The lowest BCUT2D eigenvalue weighted by molar-refractivity contribution is 0.553. The topological polar surface area (TPSA) is 43.4 Å². The first kappa shape index (κ1) is 14.1. The lowest BCUT2D eigenvalue weighted by atomic mass is 9.86. The van der Waals surface area contributed by atoms with Gasteiger partial charge in [0.05, 0.1) is 11.6 Å².